The minimum atomic E-state index is -0.563. The van der Waals surface area contributed by atoms with Gasteiger partial charge in [0.05, 0.1) is 18.5 Å². The van der Waals surface area contributed by atoms with Crippen molar-refractivity contribution in [2.45, 2.75) is 45.9 Å². The zero-order valence-corrected chi connectivity index (χ0v) is 19.6. The van der Waals surface area contributed by atoms with Crippen molar-refractivity contribution in [2.75, 3.05) is 18.6 Å². The van der Waals surface area contributed by atoms with E-state index in [0.717, 1.165) is 22.1 Å². The van der Waals surface area contributed by atoms with Crippen LogP contribution in [-0.4, -0.2) is 46.3 Å². The molecule has 0 N–H and O–H groups in total. The van der Waals surface area contributed by atoms with Crippen molar-refractivity contribution in [3.05, 3.63) is 53.2 Å². The number of hydrogen-bond donors (Lipinski definition) is 0. The van der Waals surface area contributed by atoms with Gasteiger partial charge >= 0.3 is 12.2 Å². The van der Waals surface area contributed by atoms with E-state index >= 15 is 0 Å². The summed E-state index contributed by atoms with van der Waals surface area (Å²) in [6.07, 6.45) is 1.57. The van der Waals surface area contributed by atoms with E-state index in [0.29, 0.717) is 42.4 Å². The molecule has 0 saturated carbocycles. The lowest BCUT2D eigenvalue weighted by Crippen LogP contribution is -2.40. The van der Waals surface area contributed by atoms with E-state index in [1.54, 1.807) is 29.2 Å². The number of nitrogens with zero attached hydrogens (tertiary/aromatic N) is 4. The summed E-state index contributed by atoms with van der Waals surface area (Å²) in [6.45, 7) is 6.68. The molecule has 3 aromatic rings. The van der Waals surface area contributed by atoms with Crippen LogP contribution >= 0.6 is 0 Å². The van der Waals surface area contributed by atoms with Crippen LogP contribution in [0.2, 0.25) is 0 Å². The number of hydrogen-bond acceptors (Lipinski definition) is 7. The van der Waals surface area contributed by atoms with E-state index in [9.17, 15) is 9.59 Å². The molecule has 4 heterocycles. The van der Waals surface area contributed by atoms with Gasteiger partial charge in [-0.25, -0.2) is 19.5 Å². The quantitative estimate of drug-likeness (QED) is 0.544. The summed E-state index contributed by atoms with van der Waals surface area (Å²) in [4.78, 5) is 37.7. The van der Waals surface area contributed by atoms with Gasteiger partial charge in [0.1, 0.15) is 12.2 Å². The molecule has 0 saturated heterocycles. The molecule has 0 atom stereocenters. The highest BCUT2D eigenvalue weighted by Crippen LogP contribution is 2.39. The van der Waals surface area contributed by atoms with Crippen molar-refractivity contribution in [2.24, 2.45) is 0 Å². The van der Waals surface area contributed by atoms with E-state index in [1.807, 2.05) is 45.0 Å². The number of carbonyl (C=O) groups excluding carboxylic acids is 2. The van der Waals surface area contributed by atoms with Crippen LogP contribution in [0.3, 0.4) is 0 Å². The fourth-order valence-electron chi connectivity index (χ4n) is 4.27. The number of ether oxygens (including phenoxy) is 3. The van der Waals surface area contributed by atoms with Crippen LogP contribution in [-0.2, 0) is 29.0 Å². The number of pyridine rings is 2. The minimum absolute atomic E-state index is 0.136. The summed E-state index contributed by atoms with van der Waals surface area (Å²) in [6, 6.07) is 9.44. The molecule has 0 spiro atoms. The van der Waals surface area contributed by atoms with Crippen molar-refractivity contribution < 1.29 is 23.8 Å². The Kier molecular flexibility index (Phi) is 5.27. The van der Waals surface area contributed by atoms with Gasteiger partial charge in [0, 0.05) is 36.3 Å². The summed E-state index contributed by atoms with van der Waals surface area (Å²) >= 11 is 0. The number of carbonyl (C=O) groups is 2. The van der Waals surface area contributed by atoms with Crippen LogP contribution in [0.15, 0.2) is 36.5 Å². The van der Waals surface area contributed by atoms with Gasteiger partial charge in [0.15, 0.2) is 5.65 Å². The van der Waals surface area contributed by atoms with Crippen LogP contribution < -0.4 is 9.64 Å². The van der Waals surface area contributed by atoms with Gasteiger partial charge in [0.2, 0.25) is 5.88 Å². The maximum Gasteiger partial charge on any atom is 0.419 e. The first-order valence-electron chi connectivity index (χ1n) is 11.1. The SMILES string of the molecule is COc1ccc2c3c(cnc2n1)COC(=O)N3c1ccc2c(c1)CN(C(=O)OC(C)(C)C)CC2. The fraction of sp³-hybridized carbons (Fsp3) is 0.360. The minimum Gasteiger partial charge on any atom is -0.481 e. The van der Waals surface area contributed by atoms with E-state index in [2.05, 4.69) is 9.97 Å². The van der Waals surface area contributed by atoms with Gasteiger partial charge in [-0.15, -0.1) is 0 Å². The van der Waals surface area contributed by atoms with Crippen molar-refractivity contribution >= 4 is 34.6 Å². The third-order valence-electron chi connectivity index (χ3n) is 5.83. The number of amides is 2. The number of aromatic nitrogens is 2. The van der Waals surface area contributed by atoms with E-state index in [1.165, 1.54) is 0 Å². The molecule has 2 aliphatic rings. The molecule has 0 aliphatic carbocycles. The second-order valence-corrected chi connectivity index (χ2v) is 9.35. The molecule has 0 fully saturated rings. The molecule has 34 heavy (non-hydrogen) atoms. The standard InChI is InChI=1S/C25H26N4O5/c1-25(2,3)34-23(30)28-10-9-15-5-6-18(11-16(15)13-28)29-21-17(14-33-24(29)31)12-26-22-19(21)7-8-20(27-22)32-4/h5-8,11-12H,9-10,13-14H2,1-4H3. The lowest BCUT2D eigenvalue weighted by Gasteiger charge is -2.33. The zero-order chi connectivity index (χ0) is 24.0. The molecule has 9 heteroatoms. The molecule has 2 amide bonds. The van der Waals surface area contributed by atoms with Gasteiger partial charge in [-0.05, 0) is 56.5 Å². The number of methoxy groups -OCH3 is 1. The highest BCUT2D eigenvalue weighted by molar-refractivity contribution is 6.06. The summed E-state index contributed by atoms with van der Waals surface area (Å²) in [7, 11) is 1.55. The number of anilines is 2. The Balaban J connectivity index is 1.53. The molecule has 2 aromatic heterocycles. The van der Waals surface area contributed by atoms with Crippen LogP contribution in [0.1, 0.15) is 37.5 Å². The highest BCUT2D eigenvalue weighted by atomic mass is 16.6. The Bertz CT molecular complexity index is 1300. The maximum absolute atomic E-state index is 13.0. The van der Waals surface area contributed by atoms with Crippen molar-refractivity contribution in [3.63, 3.8) is 0 Å². The van der Waals surface area contributed by atoms with Crippen LogP contribution in [0.5, 0.6) is 5.88 Å². The van der Waals surface area contributed by atoms with Crippen LogP contribution in [0, 0.1) is 0 Å². The Hall–Kier alpha value is -3.88. The molecule has 0 bridgehead atoms. The Morgan fingerprint density at radius 3 is 2.71 bits per heavy atom. The number of cyclic esters (lactones) is 1. The molecular formula is C25H26N4O5. The molecule has 1 aromatic carbocycles. The zero-order valence-electron chi connectivity index (χ0n) is 19.6. The molecule has 2 aliphatic heterocycles. The fourth-order valence-corrected chi connectivity index (χ4v) is 4.27. The van der Waals surface area contributed by atoms with E-state index in [-0.39, 0.29) is 12.7 Å². The smallest absolute Gasteiger partial charge is 0.419 e. The van der Waals surface area contributed by atoms with Gasteiger partial charge in [-0.3, -0.25) is 0 Å². The van der Waals surface area contributed by atoms with Crippen molar-refractivity contribution in [3.8, 4) is 5.88 Å². The average molecular weight is 463 g/mol. The third kappa shape index (κ3) is 3.98. The molecule has 9 nitrogen and oxygen atoms in total. The van der Waals surface area contributed by atoms with E-state index in [4.69, 9.17) is 14.2 Å². The summed E-state index contributed by atoms with van der Waals surface area (Å²) < 4.78 is 16.2. The Morgan fingerprint density at radius 1 is 1.12 bits per heavy atom. The monoisotopic (exact) mass is 462 g/mol. The highest BCUT2D eigenvalue weighted by Gasteiger charge is 2.32. The van der Waals surface area contributed by atoms with Gasteiger partial charge in [0.25, 0.3) is 0 Å². The molecule has 0 unspecified atom stereocenters. The summed E-state index contributed by atoms with van der Waals surface area (Å²) in [5.41, 5.74) is 4.15. The van der Waals surface area contributed by atoms with Gasteiger partial charge in [-0.2, -0.15) is 4.98 Å². The maximum atomic E-state index is 13.0. The number of rotatable bonds is 2. The Labute approximate surface area is 197 Å². The predicted molar refractivity (Wildman–Crippen MR) is 125 cm³/mol. The van der Waals surface area contributed by atoms with Gasteiger partial charge < -0.3 is 19.1 Å². The number of benzene rings is 1. The van der Waals surface area contributed by atoms with Crippen molar-refractivity contribution in [1.82, 2.24) is 14.9 Å². The first kappa shape index (κ1) is 21.9. The second kappa shape index (κ2) is 8.16. The molecule has 0 radical (unpaired) electrons. The molecular weight excluding hydrogens is 436 g/mol. The average Bonchev–Trinajstić information content (AvgIpc) is 2.81. The lowest BCUT2D eigenvalue weighted by atomic mass is 9.98. The lowest BCUT2D eigenvalue weighted by molar-refractivity contribution is 0.0224. The second-order valence-electron chi connectivity index (χ2n) is 9.35. The van der Waals surface area contributed by atoms with E-state index < -0.39 is 11.7 Å². The van der Waals surface area contributed by atoms with Crippen LogP contribution in [0.4, 0.5) is 21.0 Å². The topological polar surface area (TPSA) is 94.1 Å². The normalized spacial score (nSPS) is 15.5. The van der Waals surface area contributed by atoms with Crippen LogP contribution in [0.25, 0.3) is 11.0 Å². The summed E-state index contributed by atoms with van der Waals surface area (Å²) in [5.74, 6) is 0.445. The number of fused-ring (bicyclic) bond motifs is 4. The van der Waals surface area contributed by atoms with Crippen molar-refractivity contribution in [1.29, 1.82) is 0 Å². The first-order valence-corrected chi connectivity index (χ1v) is 11.1. The molecule has 5 rings (SSSR count). The molecule has 176 valence electrons. The summed E-state index contributed by atoms with van der Waals surface area (Å²) in [5, 5.41) is 0.725. The third-order valence-corrected chi connectivity index (χ3v) is 5.83. The van der Waals surface area contributed by atoms with Gasteiger partial charge in [-0.1, -0.05) is 6.07 Å². The first-order chi connectivity index (χ1) is 16.2. The predicted octanol–water partition coefficient (Wildman–Crippen LogP) is 4.72. The largest absolute Gasteiger partial charge is 0.481 e. The Morgan fingerprint density at radius 2 is 1.94 bits per heavy atom.